The van der Waals surface area contributed by atoms with Crippen LogP contribution in [-0.4, -0.2) is 9.13 Å². The summed E-state index contributed by atoms with van der Waals surface area (Å²) in [6, 6.07) is 51.9. The van der Waals surface area contributed by atoms with Gasteiger partial charge in [-0.05, 0) is 84.9 Å². The largest absolute Gasteiger partial charge is 0.456 e. The van der Waals surface area contributed by atoms with Crippen molar-refractivity contribution in [1.29, 1.82) is 5.26 Å². The first-order valence-corrected chi connectivity index (χ1v) is 16.8. The van der Waals surface area contributed by atoms with Crippen molar-refractivity contribution >= 4 is 97.1 Å². The first-order chi connectivity index (χ1) is 23.7. The smallest absolute Gasteiger partial charge is 0.136 e. The van der Waals surface area contributed by atoms with Gasteiger partial charge in [0.1, 0.15) is 11.2 Å². The zero-order chi connectivity index (χ0) is 31.5. The number of nitriles is 1. The minimum atomic E-state index is 0.670. The third kappa shape index (κ3) is 3.42. The topological polar surface area (TPSA) is 46.8 Å². The minimum absolute atomic E-state index is 0.670. The summed E-state index contributed by atoms with van der Waals surface area (Å²) in [5.41, 5.74) is 9.29. The van der Waals surface area contributed by atoms with E-state index in [9.17, 15) is 5.26 Å². The molecule has 7 aromatic carbocycles. The second-order valence-corrected chi connectivity index (χ2v) is 13.6. The van der Waals surface area contributed by atoms with Gasteiger partial charge in [0.25, 0.3) is 0 Å². The Morgan fingerprint density at radius 2 is 1.02 bits per heavy atom. The molecule has 0 fully saturated rings. The van der Waals surface area contributed by atoms with Gasteiger partial charge in [-0.25, -0.2) is 0 Å². The summed E-state index contributed by atoms with van der Waals surface area (Å²) in [6.07, 6.45) is 0. The Morgan fingerprint density at radius 1 is 0.438 bits per heavy atom. The third-order valence-corrected chi connectivity index (χ3v) is 11.1. The minimum Gasteiger partial charge on any atom is -0.456 e. The maximum atomic E-state index is 9.61. The lowest BCUT2D eigenvalue weighted by molar-refractivity contribution is 0.669. The normalized spacial score (nSPS) is 12.1. The monoisotopic (exact) mass is 629 g/mol. The highest BCUT2D eigenvalue weighted by atomic mass is 32.1. The molecule has 0 aliphatic carbocycles. The van der Waals surface area contributed by atoms with E-state index in [1.54, 1.807) is 0 Å². The van der Waals surface area contributed by atoms with Gasteiger partial charge in [-0.2, -0.15) is 5.26 Å². The summed E-state index contributed by atoms with van der Waals surface area (Å²) in [4.78, 5) is 0. The second-order valence-electron chi connectivity index (χ2n) is 12.5. The van der Waals surface area contributed by atoms with E-state index in [1.807, 2.05) is 35.6 Å². The van der Waals surface area contributed by atoms with Crippen molar-refractivity contribution in [2.45, 2.75) is 0 Å². The van der Waals surface area contributed by atoms with Crippen LogP contribution in [0.3, 0.4) is 0 Å². The van der Waals surface area contributed by atoms with Crippen LogP contribution in [0, 0.1) is 11.3 Å². The lowest BCUT2D eigenvalue weighted by Gasteiger charge is -2.10. The summed E-state index contributed by atoms with van der Waals surface area (Å²) in [5.74, 6) is 0. The average Bonchev–Trinajstić information content (AvgIpc) is 3.87. The number of thiophene rings is 1. The van der Waals surface area contributed by atoms with Gasteiger partial charge in [-0.15, -0.1) is 11.3 Å². The van der Waals surface area contributed by atoms with Crippen molar-refractivity contribution in [3.05, 3.63) is 145 Å². The number of hydrogen-bond donors (Lipinski definition) is 0. The SMILES string of the molecule is N#Cc1ccc2c(c1)c1ccccc1n2-c1ccc2sc3ccc(-n4c5ccccc5c5cc6oc7ccccc7c6cc54)cc3c2c1. The van der Waals surface area contributed by atoms with Crippen LogP contribution >= 0.6 is 11.3 Å². The molecule has 4 heterocycles. The highest BCUT2D eigenvalue weighted by Gasteiger charge is 2.18. The summed E-state index contributed by atoms with van der Waals surface area (Å²) in [5, 5.41) is 19.0. The fourth-order valence-corrected chi connectivity index (χ4v) is 8.88. The molecule has 0 saturated carbocycles. The second kappa shape index (κ2) is 9.36. The van der Waals surface area contributed by atoms with E-state index in [0.29, 0.717) is 5.56 Å². The average molecular weight is 630 g/mol. The van der Waals surface area contributed by atoms with Gasteiger partial charge in [0.15, 0.2) is 0 Å². The summed E-state index contributed by atoms with van der Waals surface area (Å²) in [7, 11) is 0. The van der Waals surface area contributed by atoms with Gasteiger partial charge < -0.3 is 13.6 Å². The van der Waals surface area contributed by atoms with Crippen molar-refractivity contribution in [2.24, 2.45) is 0 Å². The van der Waals surface area contributed by atoms with E-state index < -0.39 is 0 Å². The zero-order valence-corrected chi connectivity index (χ0v) is 26.3. The molecular weight excluding hydrogens is 607 g/mol. The van der Waals surface area contributed by atoms with Gasteiger partial charge >= 0.3 is 0 Å². The predicted octanol–water partition coefficient (Wildman–Crippen LogP) is 12.0. The Morgan fingerprint density at radius 3 is 1.71 bits per heavy atom. The van der Waals surface area contributed by atoms with Gasteiger partial charge in [0.05, 0.1) is 33.7 Å². The molecule has 0 bridgehead atoms. The maximum absolute atomic E-state index is 9.61. The number of furan rings is 1. The van der Waals surface area contributed by atoms with Crippen LogP contribution in [-0.2, 0) is 0 Å². The van der Waals surface area contributed by atoms with Gasteiger partial charge in [0, 0.05) is 63.9 Å². The van der Waals surface area contributed by atoms with E-state index in [0.717, 1.165) is 60.6 Å². The Bertz CT molecular complexity index is 3200. The lowest BCUT2D eigenvalue weighted by Crippen LogP contribution is -1.94. The molecule has 222 valence electrons. The van der Waals surface area contributed by atoms with Crippen molar-refractivity contribution in [3.63, 3.8) is 0 Å². The molecule has 11 rings (SSSR count). The number of benzene rings is 7. The van der Waals surface area contributed by atoms with Crippen LogP contribution in [0.2, 0.25) is 0 Å². The number of rotatable bonds is 2. The van der Waals surface area contributed by atoms with Crippen LogP contribution in [0.15, 0.2) is 144 Å². The van der Waals surface area contributed by atoms with Crippen LogP contribution in [0.4, 0.5) is 0 Å². The highest BCUT2D eigenvalue weighted by Crippen LogP contribution is 2.42. The summed E-state index contributed by atoms with van der Waals surface area (Å²) >= 11 is 1.83. The molecule has 0 spiro atoms. The molecule has 5 heteroatoms. The molecule has 0 saturated heterocycles. The van der Waals surface area contributed by atoms with Crippen LogP contribution in [0.25, 0.3) is 97.1 Å². The van der Waals surface area contributed by atoms with E-state index >= 15 is 0 Å². The molecule has 0 aliphatic rings. The molecule has 11 aromatic rings. The molecule has 48 heavy (non-hydrogen) atoms. The number of para-hydroxylation sites is 3. The van der Waals surface area contributed by atoms with Crippen LogP contribution in [0.5, 0.6) is 0 Å². The van der Waals surface area contributed by atoms with Gasteiger partial charge in [0.2, 0.25) is 0 Å². The van der Waals surface area contributed by atoms with Crippen molar-refractivity contribution in [3.8, 4) is 17.4 Å². The Labute approximate surface area is 277 Å². The number of nitrogens with zero attached hydrogens (tertiary/aromatic N) is 3. The van der Waals surface area contributed by atoms with Crippen LogP contribution < -0.4 is 0 Å². The number of aromatic nitrogens is 2. The first-order valence-electron chi connectivity index (χ1n) is 16.0. The molecular formula is C43H23N3OS. The fraction of sp³-hybridized carbons (Fsp3) is 0. The van der Waals surface area contributed by atoms with Crippen molar-refractivity contribution < 1.29 is 4.42 Å². The highest BCUT2D eigenvalue weighted by molar-refractivity contribution is 7.25. The standard InChI is InChI=1S/C43H23N3OS/c44-24-25-13-16-38-31(19-25)28-7-1-4-10-36(28)45(38)26-14-17-42-34(20-26)35-21-27(15-18-43(35)48-42)46-37-11-5-2-8-29(37)32-23-41-33(22-39(32)46)30-9-3-6-12-40(30)47-41/h1-23H. The predicted molar refractivity (Wildman–Crippen MR) is 200 cm³/mol. The van der Waals surface area contributed by atoms with Crippen molar-refractivity contribution in [1.82, 2.24) is 9.13 Å². The van der Waals surface area contributed by atoms with E-state index in [2.05, 4.69) is 130 Å². The quantitative estimate of drug-likeness (QED) is 0.191. The first kappa shape index (κ1) is 25.8. The molecule has 4 nitrogen and oxygen atoms in total. The molecule has 0 N–H and O–H groups in total. The summed E-state index contributed by atoms with van der Waals surface area (Å²) < 4.78 is 13.5. The number of fused-ring (bicyclic) bond motifs is 12. The molecule has 0 atom stereocenters. The maximum Gasteiger partial charge on any atom is 0.136 e. The molecule has 0 amide bonds. The zero-order valence-electron chi connectivity index (χ0n) is 25.4. The third-order valence-electron chi connectivity index (χ3n) is 9.93. The van der Waals surface area contributed by atoms with Gasteiger partial charge in [-0.1, -0.05) is 54.6 Å². The molecule has 0 unspecified atom stereocenters. The fourth-order valence-electron chi connectivity index (χ4n) is 7.82. The Kier molecular flexibility index (Phi) is 5.03. The van der Waals surface area contributed by atoms with Gasteiger partial charge in [-0.3, -0.25) is 0 Å². The van der Waals surface area contributed by atoms with E-state index in [4.69, 9.17) is 4.42 Å². The van der Waals surface area contributed by atoms with E-state index in [1.165, 1.54) is 36.5 Å². The van der Waals surface area contributed by atoms with Crippen molar-refractivity contribution in [2.75, 3.05) is 0 Å². The lowest BCUT2D eigenvalue weighted by atomic mass is 10.1. The Balaban J connectivity index is 1.17. The number of hydrogen-bond acceptors (Lipinski definition) is 3. The Hall–Kier alpha value is -6.35. The van der Waals surface area contributed by atoms with Crippen LogP contribution in [0.1, 0.15) is 5.56 Å². The molecule has 0 radical (unpaired) electrons. The van der Waals surface area contributed by atoms with E-state index in [-0.39, 0.29) is 0 Å². The summed E-state index contributed by atoms with van der Waals surface area (Å²) in [6.45, 7) is 0. The molecule has 4 aromatic heterocycles. The molecule has 0 aliphatic heterocycles.